The highest BCUT2D eigenvalue weighted by Gasteiger charge is 2.14. The first-order valence-electron chi connectivity index (χ1n) is 15.1. The van der Waals surface area contributed by atoms with Crippen LogP contribution >= 0.6 is 49.6 Å². The standard InChI is InChI=1S/C26H28N6.C7H20N4.4ClH/c1-5-13-27-23(9-1)19-31(20-24-10-2-6-14-28-24)17-18-32(21-25-11-3-7-15-29-25)22-26-12-4-8-16-30-26;8-2-1-4-10-6-7-11-5-3-9;;;;/h1-16H,17-22H2;10-11H,1-9H2;4*1H. The lowest BCUT2D eigenvalue weighted by Gasteiger charge is -2.27. The quantitative estimate of drug-likeness (QED) is 0.104. The number of rotatable bonds is 19. The summed E-state index contributed by atoms with van der Waals surface area (Å²) < 4.78 is 0. The van der Waals surface area contributed by atoms with E-state index in [-0.39, 0.29) is 49.6 Å². The predicted octanol–water partition coefficient (Wildman–Crippen LogP) is 4.13. The van der Waals surface area contributed by atoms with Crippen molar-refractivity contribution < 1.29 is 0 Å². The molecule has 0 radical (unpaired) electrons. The second kappa shape index (κ2) is 30.8. The van der Waals surface area contributed by atoms with E-state index in [9.17, 15) is 0 Å². The average molecular weight is 731 g/mol. The molecule has 0 saturated heterocycles. The molecule has 0 amide bonds. The third-order valence-corrected chi connectivity index (χ3v) is 6.54. The van der Waals surface area contributed by atoms with Crippen molar-refractivity contribution in [3.8, 4) is 0 Å². The molecule has 0 spiro atoms. The number of nitrogens with one attached hydrogen (secondary N) is 2. The van der Waals surface area contributed by atoms with Gasteiger partial charge in [0.1, 0.15) is 0 Å². The molecule has 4 aromatic rings. The summed E-state index contributed by atoms with van der Waals surface area (Å²) in [5.41, 5.74) is 14.8. The first-order valence-corrected chi connectivity index (χ1v) is 15.1. The van der Waals surface area contributed by atoms with E-state index in [1.54, 1.807) is 0 Å². The van der Waals surface area contributed by atoms with Crippen molar-refractivity contribution in [3.63, 3.8) is 0 Å². The molecule has 0 fully saturated rings. The van der Waals surface area contributed by atoms with E-state index in [2.05, 4.69) is 64.6 Å². The Morgan fingerprint density at radius 1 is 0.447 bits per heavy atom. The molecule has 0 saturated carbocycles. The molecule has 0 aliphatic carbocycles. The summed E-state index contributed by atoms with van der Waals surface area (Å²) in [4.78, 5) is 22.9. The van der Waals surface area contributed by atoms with E-state index in [1.807, 2.05) is 73.3 Å². The Labute approximate surface area is 305 Å². The minimum absolute atomic E-state index is 0. The van der Waals surface area contributed by atoms with Crippen LogP contribution in [-0.2, 0) is 26.2 Å². The summed E-state index contributed by atoms with van der Waals surface area (Å²) in [7, 11) is 0. The van der Waals surface area contributed by atoms with Crippen molar-refractivity contribution >= 4 is 49.6 Å². The zero-order valence-electron chi connectivity index (χ0n) is 26.9. The molecule has 0 unspecified atom stereocenters. The molecule has 10 nitrogen and oxygen atoms in total. The van der Waals surface area contributed by atoms with Gasteiger partial charge in [-0.2, -0.15) is 0 Å². The summed E-state index contributed by atoms with van der Waals surface area (Å²) in [5.74, 6) is 0. The van der Waals surface area contributed by atoms with Gasteiger partial charge in [0, 0.05) is 90.2 Å². The Balaban J connectivity index is 0. The maximum Gasteiger partial charge on any atom is 0.0544 e. The molecule has 0 aromatic carbocycles. The van der Waals surface area contributed by atoms with E-state index in [0.29, 0.717) is 6.54 Å². The first-order chi connectivity index (χ1) is 21.3. The molecule has 0 aliphatic rings. The Bertz CT molecular complexity index is 1030. The minimum atomic E-state index is 0. The van der Waals surface area contributed by atoms with E-state index in [0.717, 1.165) is 101 Å². The van der Waals surface area contributed by atoms with Crippen LogP contribution < -0.4 is 22.1 Å². The predicted molar refractivity (Wildman–Crippen MR) is 203 cm³/mol. The SMILES string of the molecule is Cl.Cl.Cl.Cl.NCCCNCCNCCN.c1ccc(CN(CCN(Cc2ccccn2)Cc2ccccn2)Cc2ccccn2)nc1. The molecule has 0 atom stereocenters. The van der Waals surface area contributed by atoms with Crippen LogP contribution in [0.2, 0.25) is 0 Å². The maximum atomic E-state index is 5.32. The van der Waals surface area contributed by atoms with Gasteiger partial charge in [0.15, 0.2) is 0 Å². The summed E-state index contributed by atoms with van der Waals surface area (Å²) in [6, 6.07) is 24.3. The number of pyridine rings is 4. The van der Waals surface area contributed by atoms with Gasteiger partial charge in [-0.05, 0) is 68.0 Å². The Hall–Kier alpha value is -2.48. The van der Waals surface area contributed by atoms with Gasteiger partial charge in [-0.25, -0.2) is 0 Å². The number of nitrogens with zero attached hydrogens (tertiary/aromatic N) is 6. The monoisotopic (exact) mass is 728 g/mol. The Morgan fingerprint density at radius 3 is 1.06 bits per heavy atom. The van der Waals surface area contributed by atoms with Gasteiger partial charge in [0.05, 0.1) is 22.8 Å². The van der Waals surface area contributed by atoms with Crippen molar-refractivity contribution in [3.05, 3.63) is 120 Å². The van der Waals surface area contributed by atoms with Crippen LogP contribution in [0.5, 0.6) is 0 Å². The number of nitrogens with two attached hydrogens (primary N) is 2. The van der Waals surface area contributed by atoms with Gasteiger partial charge >= 0.3 is 0 Å². The summed E-state index contributed by atoms with van der Waals surface area (Å²) in [6.45, 7) is 10.3. The largest absolute Gasteiger partial charge is 0.330 e. The average Bonchev–Trinajstić information content (AvgIpc) is 3.05. The highest BCUT2D eigenvalue weighted by molar-refractivity contribution is 5.86. The highest BCUT2D eigenvalue weighted by Crippen LogP contribution is 2.10. The van der Waals surface area contributed by atoms with Crippen LogP contribution in [0.3, 0.4) is 0 Å². The summed E-state index contributed by atoms with van der Waals surface area (Å²) in [6.07, 6.45) is 8.45. The fourth-order valence-corrected chi connectivity index (χ4v) is 4.35. The van der Waals surface area contributed by atoms with E-state index in [1.165, 1.54) is 0 Å². The van der Waals surface area contributed by atoms with Crippen molar-refractivity contribution in [1.82, 2.24) is 40.4 Å². The molecule has 14 heteroatoms. The van der Waals surface area contributed by atoms with E-state index in [4.69, 9.17) is 11.5 Å². The second-order valence-electron chi connectivity index (χ2n) is 10.1. The van der Waals surface area contributed by atoms with Crippen LogP contribution in [0.4, 0.5) is 0 Å². The number of hydrogen-bond acceptors (Lipinski definition) is 10. The first kappa shape index (κ1) is 46.6. The second-order valence-corrected chi connectivity index (χ2v) is 10.1. The third-order valence-electron chi connectivity index (χ3n) is 6.54. The minimum Gasteiger partial charge on any atom is -0.330 e. The highest BCUT2D eigenvalue weighted by atomic mass is 35.5. The normalized spacial score (nSPS) is 10.0. The number of halogens is 4. The zero-order chi connectivity index (χ0) is 30.2. The van der Waals surface area contributed by atoms with Crippen LogP contribution in [-0.4, -0.2) is 82.1 Å². The molecule has 47 heavy (non-hydrogen) atoms. The van der Waals surface area contributed by atoms with Gasteiger partial charge in [0.25, 0.3) is 0 Å². The molecule has 6 N–H and O–H groups in total. The van der Waals surface area contributed by atoms with Gasteiger partial charge in [-0.15, -0.1) is 49.6 Å². The van der Waals surface area contributed by atoms with Gasteiger partial charge in [0.2, 0.25) is 0 Å². The lowest BCUT2D eigenvalue weighted by molar-refractivity contribution is 0.178. The van der Waals surface area contributed by atoms with Gasteiger partial charge in [-0.3, -0.25) is 29.7 Å². The summed E-state index contributed by atoms with van der Waals surface area (Å²) in [5, 5.41) is 6.46. The smallest absolute Gasteiger partial charge is 0.0544 e. The molecular weight excluding hydrogens is 678 g/mol. The van der Waals surface area contributed by atoms with Crippen molar-refractivity contribution in [2.75, 3.05) is 52.4 Å². The molecule has 262 valence electrons. The van der Waals surface area contributed by atoms with Crippen molar-refractivity contribution in [2.45, 2.75) is 32.6 Å². The molecular formula is C33H52Cl4N10. The molecule has 0 aliphatic heterocycles. The topological polar surface area (TPSA) is 134 Å². The lowest BCUT2D eigenvalue weighted by Crippen LogP contribution is -2.35. The molecule has 4 rings (SSSR count). The number of aromatic nitrogens is 4. The van der Waals surface area contributed by atoms with Crippen molar-refractivity contribution in [1.29, 1.82) is 0 Å². The van der Waals surface area contributed by atoms with Crippen LogP contribution in [0.1, 0.15) is 29.2 Å². The third kappa shape index (κ3) is 21.9. The molecule has 4 heterocycles. The van der Waals surface area contributed by atoms with Crippen LogP contribution in [0.15, 0.2) is 97.6 Å². The van der Waals surface area contributed by atoms with E-state index >= 15 is 0 Å². The van der Waals surface area contributed by atoms with Gasteiger partial charge in [-0.1, -0.05) is 24.3 Å². The van der Waals surface area contributed by atoms with Crippen molar-refractivity contribution in [2.24, 2.45) is 11.5 Å². The Morgan fingerprint density at radius 2 is 0.787 bits per heavy atom. The fraction of sp³-hybridized carbons (Fsp3) is 0.394. The number of hydrogen-bond donors (Lipinski definition) is 4. The zero-order valence-corrected chi connectivity index (χ0v) is 30.2. The van der Waals surface area contributed by atoms with Crippen LogP contribution in [0.25, 0.3) is 0 Å². The molecule has 0 bridgehead atoms. The maximum absolute atomic E-state index is 5.32. The Kier molecular flexibility index (Phi) is 30.6. The fourth-order valence-electron chi connectivity index (χ4n) is 4.35. The lowest BCUT2D eigenvalue weighted by atomic mass is 10.2. The van der Waals surface area contributed by atoms with Crippen LogP contribution in [0, 0.1) is 0 Å². The molecule has 4 aromatic heterocycles. The van der Waals surface area contributed by atoms with E-state index < -0.39 is 0 Å². The summed E-state index contributed by atoms with van der Waals surface area (Å²) >= 11 is 0. The van der Waals surface area contributed by atoms with Gasteiger partial charge < -0.3 is 22.1 Å².